The van der Waals surface area contributed by atoms with Gasteiger partial charge in [0.15, 0.2) is 6.61 Å². The van der Waals surface area contributed by atoms with Crippen LogP contribution < -0.4 is 15.4 Å². The molecule has 0 bridgehead atoms. The summed E-state index contributed by atoms with van der Waals surface area (Å²) in [7, 11) is 0. The lowest BCUT2D eigenvalue weighted by Gasteiger charge is -2.22. The molecular weight excluding hydrogens is 352 g/mol. The van der Waals surface area contributed by atoms with Crippen molar-refractivity contribution in [1.82, 2.24) is 5.32 Å². The van der Waals surface area contributed by atoms with E-state index in [4.69, 9.17) is 4.74 Å². The molecule has 0 aliphatic heterocycles. The van der Waals surface area contributed by atoms with Gasteiger partial charge in [-0.3, -0.25) is 9.59 Å². The molecule has 0 heterocycles. The highest BCUT2D eigenvalue weighted by molar-refractivity contribution is 5.97. The number of carbonyl (C=O) groups is 2. The van der Waals surface area contributed by atoms with Crippen LogP contribution >= 0.6 is 0 Å². The van der Waals surface area contributed by atoms with Crippen molar-refractivity contribution < 1.29 is 14.3 Å². The Morgan fingerprint density at radius 1 is 1.00 bits per heavy atom. The lowest BCUT2D eigenvalue weighted by molar-refractivity contribution is -0.118. The van der Waals surface area contributed by atoms with Gasteiger partial charge in [-0.15, -0.1) is 0 Å². The van der Waals surface area contributed by atoms with E-state index in [2.05, 4.69) is 10.6 Å². The van der Waals surface area contributed by atoms with Crippen molar-refractivity contribution in [3.05, 3.63) is 59.2 Å². The normalized spacial score (nSPS) is 14.4. The molecule has 2 aromatic carbocycles. The third kappa shape index (κ3) is 5.59. The second kappa shape index (κ2) is 9.40. The summed E-state index contributed by atoms with van der Waals surface area (Å²) in [6.45, 7) is 3.95. The third-order valence-electron chi connectivity index (χ3n) is 5.20. The average Bonchev–Trinajstić information content (AvgIpc) is 2.70. The van der Waals surface area contributed by atoms with E-state index >= 15 is 0 Å². The fourth-order valence-corrected chi connectivity index (χ4v) is 3.40. The van der Waals surface area contributed by atoms with E-state index in [0.717, 1.165) is 18.4 Å². The molecule has 3 rings (SSSR count). The molecule has 28 heavy (non-hydrogen) atoms. The van der Waals surface area contributed by atoms with Crippen molar-refractivity contribution in [3.8, 4) is 5.75 Å². The van der Waals surface area contributed by atoms with Gasteiger partial charge < -0.3 is 15.4 Å². The average molecular weight is 380 g/mol. The van der Waals surface area contributed by atoms with Gasteiger partial charge in [0.1, 0.15) is 5.75 Å². The molecule has 2 aromatic rings. The minimum Gasteiger partial charge on any atom is -0.484 e. The van der Waals surface area contributed by atoms with Crippen LogP contribution in [-0.2, 0) is 4.79 Å². The number of benzene rings is 2. The molecule has 0 saturated heterocycles. The van der Waals surface area contributed by atoms with Crippen molar-refractivity contribution in [2.24, 2.45) is 0 Å². The molecule has 1 aliphatic rings. The van der Waals surface area contributed by atoms with E-state index in [0.29, 0.717) is 17.0 Å². The first-order valence-electron chi connectivity index (χ1n) is 9.92. The van der Waals surface area contributed by atoms with E-state index in [1.807, 2.05) is 32.0 Å². The SMILES string of the molecule is Cc1ccc(OCC(=O)Nc2cccc(C(=O)NC3CCCCC3)c2)cc1C. The number of anilines is 1. The first-order chi connectivity index (χ1) is 13.5. The topological polar surface area (TPSA) is 67.4 Å². The van der Waals surface area contributed by atoms with E-state index in [1.54, 1.807) is 24.3 Å². The fraction of sp³-hybridized carbons (Fsp3) is 0.391. The summed E-state index contributed by atoms with van der Waals surface area (Å²) >= 11 is 0. The van der Waals surface area contributed by atoms with E-state index in [-0.39, 0.29) is 24.5 Å². The van der Waals surface area contributed by atoms with Crippen LogP contribution in [0.4, 0.5) is 5.69 Å². The molecule has 0 aromatic heterocycles. The number of aryl methyl sites for hydroxylation is 2. The summed E-state index contributed by atoms with van der Waals surface area (Å²) in [6.07, 6.45) is 5.66. The second-order valence-corrected chi connectivity index (χ2v) is 7.47. The molecule has 5 heteroatoms. The lowest BCUT2D eigenvalue weighted by Crippen LogP contribution is -2.36. The summed E-state index contributed by atoms with van der Waals surface area (Å²) in [4.78, 5) is 24.7. The first kappa shape index (κ1) is 19.9. The quantitative estimate of drug-likeness (QED) is 0.781. The van der Waals surface area contributed by atoms with Crippen LogP contribution in [0, 0.1) is 13.8 Å². The van der Waals surface area contributed by atoms with Crippen LogP contribution in [0.15, 0.2) is 42.5 Å². The Hall–Kier alpha value is -2.82. The molecule has 1 fully saturated rings. The predicted molar refractivity (Wildman–Crippen MR) is 111 cm³/mol. The molecule has 1 saturated carbocycles. The summed E-state index contributed by atoms with van der Waals surface area (Å²) in [6, 6.07) is 13.0. The number of carbonyl (C=O) groups excluding carboxylic acids is 2. The lowest BCUT2D eigenvalue weighted by atomic mass is 9.95. The highest BCUT2D eigenvalue weighted by atomic mass is 16.5. The van der Waals surface area contributed by atoms with Crippen LogP contribution in [0.1, 0.15) is 53.6 Å². The maximum Gasteiger partial charge on any atom is 0.262 e. The Labute approximate surface area is 166 Å². The van der Waals surface area contributed by atoms with Gasteiger partial charge in [-0.1, -0.05) is 31.4 Å². The Kier molecular flexibility index (Phi) is 6.69. The van der Waals surface area contributed by atoms with Crippen molar-refractivity contribution in [2.75, 3.05) is 11.9 Å². The molecule has 0 spiro atoms. The van der Waals surface area contributed by atoms with E-state index in [9.17, 15) is 9.59 Å². The zero-order chi connectivity index (χ0) is 19.9. The van der Waals surface area contributed by atoms with Gasteiger partial charge in [0, 0.05) is 17.3 Å². The van der Waals surface area contributed by atoms with Crippen LogP contribution in [0.5, 0.6) is 5.75 Å². The fourth-order valence-electron chi connectivity index (χ4n) is 3.40. The summed E-state index contributed by atoms with van der Waals surface area (Å²) in [5.41, 5.74) is 3.44. The number of hydrogen-bond donors (Lipinski definition) is 2. The first-order valence-corrected chi connectivity index (χ1v) is 9.92. The molecule has 2 amide bonds. The van der Waals surface area contributed by atoms with E-state index < -0.39 is 0 Å². The van der Waals surface area contributed by atoms with Crippen molar-refractivity contribution >= 4 is 17.5 Å². The second-order valence-electron chi connectivity index (χ2n) is 7.47. The molecule has 0 atom stereocenters. The largest absolute Gasteiger partial charge is 0.484 e. The van der Waals surface area contributed by atoms with Crippen LogP contribution in [-0.4, -0.2) is 24.5 Å². The maximum absolute atomic E-state index is 12.5. The van der Waals surface area contributed by atoms with Gasteiger partial charge in [-0.25, -0.2) is 0 Å². The minimum atomic E-state index is -0.261. The van der Waals surface area contributed by atoms with Gasteiger partial charge in [-0.2, -0.15) is 0 Å². The molecule has 2 N–H and O–H groups in total. The number of hydrogen-bond acceptors (Lipinski definition) is 3. The highest BCUT2D eigenvalue weighted by Gasteiger charge is 2.17. The van der Waals surface area contributed by atoms with Crippen molar-refractivity contribution in [2.45, 2.75) is 52.0 Å². The molecule has 5 nitrogen and oxygen atoms in total. The third-order valence-corrected chi connectivity index (χ3v) is 5.20. The number of nitrogens with one attached hydrogen (secondary N) is 2. The summed E-state index contributed by atoms with van der Waals surface area (Å²) in [5.74, 6) is 0.316. The number of amides is 2. The zero-order valence-electron chi connectivity index (χ0n) is 16.6. The van der Waals surface area contributed by atoms with E-state index in [1.165, 1.54) is 24.8 Å². The highest BCUT2D eigenvalue weighted by Crippen LogP contribution is 2.19. The predicted octanol–water partition coefficient (Wildman–Crippen LogP) is 4.38. The molecule has 0 radical (unpaired) electrons. The van der Waals surface area contributed by atoms with Crippen molar-refractivity contribution in [1.29, 1.82) is 0 Å². The molecule has 1 aliphatic carbocycles. The molecule has 0 unspecified atom stereocenters. The van der Waals surface area contributed by atoms with Gasteiger partial charge in [0.2, 0.25) is 0 Å². The standard InChI is InChI=1S/C23H28N2O3/c1-16-11-12-21(13-17(16)2)28-15-22(26)24-20-10-6-7-18(14-20)23(27)25-19-8-4-3-5-9-19/h6-7,10-14,19H,3-5,8-9,15H2,1-2H3,(H,24,26)(H,25,27). The number of ether oxygens (including phenoxy) is 1. The Bertz CT molecular complexity index is 841. The molecular formula is C23H28N2O3. The zero-order valence-corrected chi connectivity index (χ0v) is 16.6. The van der Waals surface area contributed by atoms with Crippen LogP contribution in [0.2, 0.25) is 0 Å². The summed E-state index contributed by atoms with van der Waals surface area (Å²) < 4.78 is 5.56. The van der Waals surface area contributed by atoms with Gasteiger partial charge >= 0.3 is 0 Å². The number of rotatable bonds is 6. The minimum absolute atomic E-state index is 0.0823. The Morgan fingerprint density at radius 3 is 2.54 bits per heavy atom. The maximum atomic E-state index is 12.5. The van der Waals surface area contributed by atoms with Gasteiger partial charge in [-0.05, 0) is 68.1 Å². The smallest absolute Gasteiger partial charge is 0.262 e. The van der Waals surface area contributed by atoms with Crippen molar-refractivity contribution in [3.63, 3.8) is 0 Å². The molecule has 148 valence electrons. The summed E-state index contributed by atoms with van der Waals surface area (Å²) in [5, 5.41) is 5.89. The van der Waals surface area contributed by atoms with Gasteiger partial charge in [0.05, 0.1) is 0 Å². The Balaban J connectivity index is 1.53. The van der Waals surface area contributed by atoms with Crippen LogP contribution in [0.25, 0.3) is 0 Å². The monoisotopic (exact) mass is 380 g/mol. The van der Waals surface area contributed by atoms with Gasteiger partial charge in [0.25, 0.3) is 11.8 Å². The Morgan fingerprint density at radius 2 is 1.79 bits per heavy atom. The van der Waals surface area contributed by atoms with Crippen LogP contribution in [0.3, 0.4) is 0 Å².